The number of ether oxygens (including phenoxy) is 1. The second kappa shape index (κ2) is 9.34. The standard InChI is InChI=1S/C18H18ClNO4S/c1-12-7-8-13(10-14(12)19)20-17(22)5-2-6-18(23)24-11-15(21)16-4-3-9-25-16/h3-4,7-10H,2,5-6,11H2,1H3,(H,20,22). The summed E-state index contributed by atoms with van der Waals surface area (Å²) in [6, 6.07) is 8.71. The van der Waals surface area contributed by atoms with Crippen molar-refractivity contribution >= 4 is 46.3 Å². The molecule has 7 heteroatoms. The molecule has 1 N–H and O–H groups in total. The third kappa shape index (κ3) is 6.32. The number of esters is 1. The minimum Gasteiger partial charge on any atom is -0.457 e. The van der Waals surface area contributed by atoms with Gasteiger partial charge in [-0.1, -0.05) is 23.7 Å². The largest absolute Gasteiger partial charge is 0.457 e. The van der Waals surface area contributed by atoms with Gasteiger partial charge in [-0.15, -0.1) is 11.3 Å². The summed E-state index contributed by atoms with van der Waals surface area (Å²) in [6.07, 6.45) is 0.608. The SMILES string of the molecule is Cc1ccc(NC(=O)CCCC(=O)OCC(=O)c2cccs2)cc1Cl. The molecule has 0 bridgehead atoms. The van der Waals surface area contributed by atoms with Crippen molar-refractivity contribution in [3.8, 4) is 0 Å². The van der Waals surface area contributed by atoms with Crippen LogP contribution >= 0.6 is 22.9 Å². The van der Waals surface area contributed by atoms with Gasteiger partial charge in [0.15, 0.2) is 6.61 Å². The third-order valence-electron chi connectivity index (χ3n) is 3.40. The molecule has 0 atom stereocenters. The number of anilines is 1. The summed E-state index contributed by atoms with van der Waals surface area (Å²) in [4.78, 5) is 35.7. The summed E-state index contributed by atoms with van der Waals surface area (Å²) in [6.45, 7) is 1.61. The van der Waals surface area contributed by atoms with Crippen LogP contribution in [0.3, 0.4) is 0 Å². The number of thiophene rings is 1. The number of halogens is 1. The van der Waals surface area contributed by atoms with Crippen LogP contribution in [0.15, 0.2) is 35.7 Å². The van der Waals surface area contributed by atoms with Crippen molar-refractivity contribution < 1.29 is 19.1 Å². The zero-order chi connectivity index (χ0) is 18.2. The van der Waals surface area contributed by atoms with Gasteiger partial charge in [-0.05, 0) is 42.5 Å². The molecule has 1 heterocycles. The predicted octanol–water partition coefficient (Wildman–Crippen LogP) is 4.24. The number of benzene rings is 1. The second-order valence-corrected chi connectivity index (χ2v) is 6.78. The molecule has 1 aromatic carbocycles. The number of hydrogen-bond acceptors (Lipinski definition) is 5. The van der Waals surface area contributed by atoms with Crippen molar-refractivity contribution in [2.24, 2.45) is 0 Å². The van der Waals surface area contributed by atoms with Gasteiger partial charge in [-0.3, -0.25) is 14.4 Å². The van der Waals surface area contributed by atoms with Crippen LogP contribution in [0.5, 0.6) is 0 Å². The summed E-state index contributed by atoms with van der Waals surface area (Å²) in [7, 11) is 0. The first-order valence-electron chi connectivity index (χ1n) is 7.74. The van der Waals surface area contributed by atoms with Crippen LogP contribution in [-0.2, 0) is 14.3 Å². The Morgan fingerprint density at radius 1 is 1.20 bits per heavy atom. The first-order chi connectivity index (χ1) is 12.0. The maximum absolute atomic E-state index is 11.9. The van der Waals surface area contributed by atoms with Gasteiger partial charge in [0.25, 0.3) is 0 Å². The van der Waals surface area contributed by atoms with Crippen LogP contribution in [-0.4, -0.2) is 24.3 Å². The molecule has 1 aromatic heterocycles. The molecule has 0 fully saturated rings. The average Bonchev–Trinajstić information content (AvgIpc) is 3.10. The van der Waals surface area contributed by atoms with E-state index in [9.17, 15) is 14.4 Å². The summed E-state index contributed by atoms with van der Waals surface area (Å²) >= 11 is 7.31. The zero-order valence-electron chi connectivity index (χ0n) is 13.7. The fraction of sp³-hybridized carbons (Fsp3) is 0.278. The normalized spacial score (nSPS) is 10.3. The number of amides is 1. The third-order valence-corrected chi connectivity index (χ3v) is 4.72. The van der Waals surface area contributed by atoms with E-state index in [4.69, 9.17) is 16.3 Å². The maximum Gasteiger partial charge on any atom is 0.306 e. The van der Waals surface area contributed by atoms with Crippen molar-refractivity contribution in [1.82, 2.24) is 0 Å². The van der Waals surface area contributed by atoms with Gasteiger partial charge in [-0.2, -0.15) is 0 Å². The summed E-state index contributed by atoms with van der Waals surface area (Å²) in [5.41, 5.74) is 1.55. The number of ketones is 1. The molecule has 0 spiro atoms. The summed E-state index contributed by atoms with van der Waals surface area (Å²) < 4.78 is 4.93. The van der Waals surface area contributed by atoms with E-state index in [1.165, 1.54) is 11.3 Å². The molecule has 0 saturated carbocycles. The maximum atomic E-state index is 11.9. The molecular weight excluding hydrogens is 362 g/mol. The van der Waals surface area contributed by atoms with Crippen molar-refractivity contribution in [2.45, 2.75) is 26.2 Å². The number of nitrogens with one attached hydrogen (secondary N) is 1. The fourth-order valence-electron chi connectivity index (χ4n) is 2.01. The molecule has 5 nitrogen and oxygen atoms in total. The minimum atomic E-state index is -0.490. The molecule has 25 heavy (non-hydrogen) atoms. The Balaban J connectivity index is 1.65. The van der Waals surface area contributed by atoms with Gasteiger partial charge in [0.2, 0.25) is 11.7 Å². The Kier molecular flexibility index (Phi) is 7.16. The Labute approximate surface area is 154 Å². The van der Waals surface area contributed by atoms with E-state index in [0.717, 1.165) is 5.56 Å². The molecule has 0 saturated heterocycles. The van der Waals surface area contributed by atoms with E-state index in [1.54, 1.807) is 29.6 Å². The van der Waals surface area contributed by atoms with Crippen LogP contribution in [0.4, 0.5) is 5.69 Å². The van der Waals surface area contributed by atoms with Gasteiger partial charge < -0.3 is 10.1 Å². The van der Waals surface area contributed by atoms with Gasteiger partial charge in [0, 0.05) is 23.6 Å². The molecule has 1 amide bonds. The number of Topliss-reactive ketones (excluding diaryl/α,β-unsaturated/α-hetero) is 1. The number of aryl methyl sites for hydroxylation is 1. The Morgan fingerprint density at radius 2 is 2.00 bits per heavy atom. The van der Waals surface area contributed by atoms with Crippen LogP contribution in [0.1, 0.15) is 34.5 Å². The highest BCUT2D eigenvalue weighted by Crippen LogP contribution is 2.20. The molecule has 2 aromatic rings. The first-order valence-corrected chi connectivity index (χ1v) is 9.00. The fourth-order valence-corrected chi connectivity index (χ4v) is 2.85. The Bertz CT molecular complexity index is 758. The van der Waals surface area contributed by atoms with E-state index in [0.29, 0.717) is 22.0 Å². The van der Waals surface area contributed by atoms with E-state index in [2.05, 4.69) is 5.32 Å². The lowest BCUT2D eigenvalue weighted by molar-refractivity contribution is -0.142. The van der Waals surface area contributed by atoms with Crippen molar-refractivity contribution in [2.75, 3.05) is 11.9 Å². The lowest BCUT2D eigenvalue weighted by Crippen LogP contribution is -2.15. The highest BCUT2D eigenvalue weighted by molar-refractivity contribution is 7.12. The van der Waals surface area contributed by atoms with Crippen molar-refractivity contribution in [3.05, 3.63) is 51.2 Å². The molecule has 2 rings (SSSR count). The summed E-state index contributed by atoms with van der Waals surface area (Å²) in [5, 5.41) is 5.09. The Morgan fingerprint density at radius 3 is 2.68 bits per heavy atom. The highest BCUT2D eigenvalue weighted by Gasteiger charge is 2.11. The number of carbonyl (C=O) groups excluding carboxylic acids is 3. The highest BCUT2D eigenvalue weighted by atomic mass is 35.5. The molecule has 0 aliphatic carbocycles. The van der Waals surface area contributed by atoms with E-state index in [1.807, 2.05) is 13.0 Å². The molecule has 0 unspecified atom stereocenters. The lowest BCUT2D eigenvalue weighted by atomic mass is 10.2. The average molecular weight is 380 g/mol. The minimum absolute atomic E-state index is 0.0831. The van der Waals surface area contributed by atoms with E-state index in [-0.39, 0.29) is 31.1 Å². The molecule has 132 valence electrons. The number of carbonyl (C=O) groups is 3. The molecule has 0 radical (unpaired) electrons. The first kappa shape index (κ1) is 19.1. The quantitative estimate of drug-likeness (QED) is 0.549. The van der Waals surface area contributed by atoms with Crippen LogP contribution in [0, 0.1) is 6.92 Å². The predicted molar refractivity (Wildman–Crippen MR) is 98.3 cm³/mol. The molecular formula is C18H18ClNO4S. The van der Waals surface area contributed by atoms with Crippen molar-refractivity contribution in [3.63, 3.8) is 0 Å². The molecule has 0 aliphatic heterocycles. The van der Waals surface area contributed by atoms with Gasteiger partial charge in [-0.25, -0.2) is 0 Å². The number of hydrogen-bond donors (Lipinski definition) is 1. The van der Waals surface area contributed by atoms with Crippen LogP contribution < -0.4 is 5.32 Å². The lowest BCUT2D eigenvalue weighted by Gasteiger charge is -2.07. The van der Waals surface area contributed by atoms with E-state index < -0.39 is 5.97 Å². The van der Waals surface area contributed by atoms with Gasteiger partial charge >= 0.3 is 5.97 Å². The zero-order valence-corrected chi connectivity index (χ0v) is 15.3. The second-order valence-electron chi connectivity index (χ2n) is 5.43. The Hall–Kier alpha value is -2.18. The smallest absolute Gasteiger partial charge is 0.306 e. The molecule has 0 aliphatic rings. The monoisotopic (exact) mass is 379 g/mol. The van der Waals surface area contributed by atoms with E-state index >= 15 is 0 Å². The number of rotatable bonds is 8. The van der Waals surface area contributed by atoms with Gasteiger partial charge in [0.1, 0.15) is 0 Å². The van der Waals surface area contributed by atoms with Crippen LogP contribution in [0.25, 0.3) is 0 Å². The van der Waals surface area contributed by atoms with Crippen molar-refractivity contribution in [1.29, 1.82) is 0 Å². The summed E-state index contributed by atoms with van der Waals surface area (Å²) in [5.74, 6) is -0.921. The van der Waals surface area contributed by atoms with Crippen LogP contribution in [0.2, 0.25) is 5.02 Å². The topological polar surface area (TPSA) is 72.5 Å². The van der Waals surface area contributed by atoms with Gasteiger partial charge in [0.05, 0.1) is 4.88 Å².